The van der Waals surface area contributed by atoms with Crippen molar-refractivity contribution in [2.24, 2.45) is 0 Å². The van der Waals surface area contributed by atoms with Gasteiger partial charge in [0.2, 0.25) is 0 Å². The van der Waals surface area contributed by atoms with Crippen molar-refractivity contribution in [2.45, 2.75) is 31.6 Å². The smallest absolute Gasteiger partial charge is 0.338 e. The Hall–Kier alpha value is -1.36. The van der Waals surface area contributed by atoms with Crippen LogP contribution in [0.4, 0.5) is 0 Å². The third kappa shape index (κ3) is 2.90. The lowest BCUT2D eigenvalue weighted by Crippen LogP contribution is -2.10. The van der Waals surface area contributed by atoms with Crippen LogP contribution in [-0.4, -0.2) is 27.8 Å². The molecule has 0 saturated carbocycles. The van der Waals surface area contributed by atoms with E-state index >= 15 is 0 Å². The molecule has 0 aliphatic carbocycles. The summed E-state index contributed by atoms with van der Waals surface area (Å²) in [7, 11) is -2.07. The van der Waals surface area contributed by atoms with Gasteiger partial charge >= 0.3 is 5.97 Å². The van der Waals surface area contributed by atoms with E-state index in [2.05, 4.69) is 4.74 Å². The number of hydrogen-bond donors (Lipinski definition) is 0. The second-order valence-electron chi connectivity index (χ2n) is 4.60. The summed E-state index contributed by atoms with van der Waals surface area (Å²) < 4.78 is 27.9. The molecule has 0 bridgehead atoms. The molecule has 0 aliphatic rings. The molecule has 0 N–H and O–H groups in total. The summed E-state index contributed by atoms with van der Waals surface area (Å²) in [6.07, 6.45) is 1.13. The fourth-order valence-corrected chi connectivity index (χ4v) is 2.52. The van der Waals surface area contributed by atoms with E-state index in [4.69, 9.17) is 0 Å². The highest BCUT2D eigenvalue weighted by atomic mass is 32.2. The van der Waals surface area contributed by atoms with Gasteiger partial charge in [0.25, 0.3) is 0 Å². The topological polar surface area (TPSA) is 60.4 Å². The van der Waals surface area contributed by atoms with E-state index in [0.717, 1.165) is 17.4 Å². The average Bonchev–Trinajstić information content (AvgIpc) is 2.26. The zero-order valence-electron chi connectivity index (χ0n) is 11.3. The van der Waals surface area contributed by atoms with E-state index in [9.17, 15) is 13.2 Å². The van der Waals surface area contributed by atoms with E-state index in [1.165, 1.54) is 13.2 Å². The van der Waals surface area contributed by atoms with Gasteiger partial charge in [0.05, 0.1) is 17.6 Å². The largest absolute Gasteiger partial charge is 0.465 e. The van der Waals surface area contributed by atoms with Gasteiger partial charge in [-0.15, -0.1) is 0 Å². The molecule has 4 nitrogen and oxygen atoms in total. The molecule has 0 aromatic heterocycles. The molecule has 0 fully saturated rings. The molecule has 0 amide bonds. The Labute approximate surface area is 108 Å². The number of hydrogen-bond acceptors (Lipinski definition) is 4. The van der Waals surface area contributed by atoms with Crippen LogP contribution in [0.2, 0.25) is 0 Å². The van der Waals surface area contributed by atoms with Gasteiger partial charge < -0.3 is 4.74 Å². The molecule has 0 aliphatic heterocycles. The van der Waals surface area contributed by atoms with Crippen LogP contribution in [-0.2, 0) is 14.6 Å². The maximum Gasteiger partial charge on any atom is 0.338 e. The van der Waals surface area contributed by atoms with Crippen molar-refractivity contribution in [1.29, 1.82) is 0 Å². The summed E-state index contributed by atoms with van der Waals surface area (Å²) in [5.74, 6) is -0.380. The molecule has 0 atom stereocenters. The number of esters is 1. The molecule has 1 aromatic carbocycles. The van der Waals surface area contributed by atoms with E-state index in [0.29, 0.717) is 5.56 Å². The number of ether oxygens (including phenoxy) is 1. The SMILES string of the molecule is COC(=O)c1cc(S(C)(=O)=O)cc(C(C)C)c1C. The number of carbonyl (C=O) groups is 1. The summed E-state index contributed by atoms with van der Waals surface area (Å²) in [4.78, 5) is 11.8. The molecule has 0 spiro atoms. The number of methoxy groups -OCH3 is 1. The van der Waals surface area contributed by atoms with Crippen LogP contribution in [0.5, 0.6) is 0 Å². The number of benzene rings is 1. The van der Waals surface area contributed by atoms with Crippen LogP contribution in [0.15, 0.2) is 17.0 Å². The summed E-state index contributed by atoms with van der Waals surface area (Å²) in [5, 5.41) is 0. The van der Waals surface area contributed by atoms with Crippen LogP contribution in [0, 0.1) is 6.92 Å². The Bertz CT molecular complexity index is 571. The van der Waals surface area contributed by atoms with Gasteiger partial charge in [0.15, 0.2) is 9.84 Å². The lowest BCUT2D eigenvalue weighted by atomic mass is 9.94. The molecule has 0 saturated heterocycles. The standard InChI is InChI=1S/C13H18O4S/c1-8(2)11-6-10(18(5,15)16)7-12(9(11)3)13(14)17-4/h6-8H,1-5H3. The molecule has 5 heteroatoms. The number of sulfone groups is 1. The Kier molecular flexibility index (Phi) is 4.16. The average molecular weight is 270 g/mol. The predicted octanol–water partition coefficient (Wildman–Crippen LogP) is 2.31. The van der Waals surface area contributed by atoms with Crippen molar-refractivity contribution in [2.75, 3.05) is 13.4 Å². The second kappa shape index (κ2) is 5.10. The van der Waals surface area contributed by atoms with Crippen molar-refractivity contribution in [3.8, 4) is 0 Å². The summed E-state index contributed by atoms with van der Waals surface area (Å²) >= 11 is 0. The fourth-order valence-electron chi connectivity index (χ4n) is 1.84. The van der Waals surface area contributed by atoms with Gasteiger partial charge in [-0.25, -0.2) is 13.2 Å². The van der Waals surface area contributed by atoms with Gasteiger partial charge in [-0.1, -0.05) is 13.8 Å². The number of carbonyl (C=O) groups excluding carboxylic acids is 1. The Morgan fingerprint density at radius 3 is 2.22 bits per heavy atom. The minimum Gasteiger partial charge on any atom is -0.465 e. The molecular formula is C13H18O4S. The Morgan fingerprint density at radius 2 is 1.83 bits per heavy atom. The van der Waals surface area contributed by atoms with Crippen molar-refractivity contribution in [1.82, 2.24) is 0 Å². The van der Waals surface area contributed by atoms with Crippen LogP contribution in [0.25, 0.3) is 0 Å². The molecule has 0 unspecified atom stereocenters. The maximum atomic E-state index is 11.7. The molecule has 1 aromatic rings. The summed E-state index contributed by atoms with van der Waals surface area (Å²) in [5.41, 5.74) is 1.92. The Morgan fingerprint density at radius 1 is 1.28 bits per heavy atom. The molecule has 1 rings (SSSR count). The van der Waals surface area contributed by atoms with E-state index < -0.39 is 15.8 Å². The van der Waals surface area contributed by atoms with Gasteiger partial charge in [-0.3, -0.25) is 0 Å². The first-order valence-electron chi connectivity index (χ1n) is 5.61. The minimum absolute atomic E-state index is 0.134. The highest BCUT2D eigenvalue weighted by molar-refractivity contribution is 7.90. The van der Waals surface area contributed by atoms with Gasteiger partial charge in [0.1, 0.15) is 0 Å². The van der Waals surface area contributed by atoms with Gasteiger partial charge in [0, 0.05) is 6.26 Å². The summed E-state index contributed by atoms with van der Waals surface area (Å²) in [6.45, 7) is 5.71. The first-order valence-corrected chi connectivity index (χ1v) is 7.50. The first kappa shape index (κ1) is 14.7. The molecule has 0 heterocycles. The minimum atomic E-state index is -3.35. The van der Waals surface area contributed by atoms with Crippen molar-refractivity contribution >= 4 is 15.8 Å². The maximum absolute atomic E-state index is 11.7. The number of rotatable bonds is 3. The van der Waals surface area contributed by atoms with Crippen LogP contribution in [0.3, 0.4) is 0 Å². The van der Waals surface area contributed by atoms with Gasteiger partial charge in [-0.2, -0.15) is 0 Å². The molecular weight excluding hydrogens is 252 g/mol. The monoisotopic (exact) mass is 270 g/mol. The van der Waals surface area contributed by atoms with Crippen molar-refractivity contribution < 1.29 is 17.9 Å². The third-order valence-electron chi connectivity index (χ3n) is 2.88. The lowest BCUT2D eigenvalue weighted by molar-refractivity contribution is 0.0599. The highest BCUT2D eigenvalue weighted by Crippen LogP contribution is 2.26. The lowest BCUT2D eigenvalue weighted by Gasteiger charge is -2.15. The zero-order chi connectivity index (χ0) is 14.1. The quantitative estimate of drug-likeness (QED) is 0.791. The van der Waals surface area contributed by atoms with Crippen LogP contribution >= 0.6 is 0 Å². The summed E-state index contributed by atoms with van der Waals surface area (Å²) in [6, 6.07) is 3.00. The second-order valence-corrected chi connectivity index (χ2v) is 6.62. The molecule has 0 radical (unpaired) electrons. The van der Waals surface area contributed by atoms with Crippen LogP contribution < -0.4 is 0 Å². The van der Waals surface area contributed by atoms with E-state index in [1.54, 1.807) is 13.0 Å². The third-order valence-corrected chi connectivity index (χ3v) is 3.97. The first-order chi connectivity index (χ1) is 8.18. The van der Waals surface area contributed by atoms with Crippen molar-refractivity contribution in [3.63, 3.8) is 0 Å². The zero-order valence-corrected chi connectivity index (χ0v) is 12.1. The normalized spacial score (nSPS) is 11.7. The Balaban J connectivity index is 3.62. The highest BCUT2D eigenvalue weighted by Gasteiger charge is 2.19. The van der Waals surface area contributed by atoms with E-state index in [1.807, 2.05) is 13.8 Å². The molecule has 18 heavy (non-hydrogen) atoms. The predicted molar refractivity (Wildman–Crippen MR) is 69.7 cm³/mol. The van der Waals surface area contributed by atoms with Crippen LogP contribution in [0.1, 0.15) is 41.3 Å². The fraction of sp³-hybridized carbons (Fsp3) is 0.462. The molecule has 100 valence electrons. The van der Waals surface area contributed by atoms with Gasteiger partial charge in [-0.05, 0) is 36.1 Å². The van der Waals surface area contributed by atoms with E-state index in [-0.39, 0.29) is 10.8 Å². The van der Waals surface area contributed by atoms with Crippen molar-refractivity contribution in [3.05, 3.63) is 28.8 Å².